The molecule has 1 aromatic heterocycles. The Bertz CT molecular complexity index is 608. The number of nitrogens with one attached hydrogen (secondary N) is 2. The number of thioether (sulfide) groups is 1. The third kappa shape index (κ3) is 7.80. The quantitative estimate of drug-likeness (QED) is 0.196. The molecule has 0 aliphatic carbocycles. The fourth-order valence-electron chi connectivity index (χ4n) is 1.85. The highest BCUT2D eigenvalue weighted by Crippen LogP contribution is 2.20. The van der Waals surface area contributed by atoms with E-state index in [1.54, 1.807) is 35.2 Å². The molecule has 0 saturated heterocycles. The molecule has 24 heavy (non-hydrogen) atoms. The SMILES string of the molecule is CCNC(=NCc1ccccc1F)NCCCSc1nccs1.I. The lowest BCUT2D eigenvalue weighted by Crippen LogP contribution is -2.37. The van der Waals surface area contributed by atoms with Gasteiger partial charge in [-0.3, -0.25) is 0 Å². The van der Waals surface area contributed by atoms with Gasteiger partial charge in [-0.05, 0) is 19.4 Å². The number of thiazole rings is 1. The van der Waals surface area contributed by atoms with Crippen LogP contribution in [0.1, 0.15) is 18.9 Å². The fraction of sp³-hybridized carbons (Fsp3) is 0.375. The number of hydrogen-bond acceptors (Lipinski definition) is 4. The Morgan fingerprint density at radius 1 is 1.33 bits per heavy atom. The zero-order valence-corrected chi connectivity index (χ0v) is 17.5. The second-order valence-corrected chi connectivity index (χ2v) is 6.95. The van der Waals surface area contributed by atoms with Gasteiger partial charge in [0.1, 0.15) is 10.2 Å². The Balaban J connectivity index is 0.00000288. The molecule has 0 fully saturated rings. The molecule has 0 atom stereocenters. The molecule has 0 radical (unpaired) electrons. The minimum atomic E-state index is -0.216. The minimum Gasteiger partial charge on any atom is -0.357 e. The van der Waals surface area contributed by atoms with Crippen molar-refractivity contribution in [2.45, 2.75) is 24.2 Å². The summed E-state index contributed by atoms with van der Waals surface area (Å²) in [6.45, 7) is 3.94. The van der Waals surface area contributed by atoms with Gasteiger partial charge in [-0.2, -0.15) is 0 Å². The number of rotatable bonds is 8. The molecule has 2 N–H and O–H groups in total. The van der Waals surface area contributed by atoms with Crippen molar-refractivity contribution in [1.29, 1.82) is 0 Å². The van der Waals surface area contributed by atoms with Crippen molar-refractivity contribution < 1.29 is 4.39 Å². The Labute approximate surface area is 167 Å². The Morgan fingerprint density at radius 2 is 2.17 bits per heavy atom. The van der Waals surface area contributed by atoms with Gasteiger partial charge < -0.3 is 10.6 Å². The Hall–Kier alpha value is -0.870. The first-order valence-corrected chi connectivity index (χ1v) is 9.44. The average Bonchev–Trinajstić information content (AvgIpc) is 3.07. The second-order valence-electron chi connectivity index (χ2n) is 4.71. The van der Waals surface area contributed by atoms with Gasteiger partial charge in [-0.15, -0.1) is 35.3 Å². The van der Waals surface area contributed by atoms with Crippen LogP contribution in [0.15, 0.2) is 45.2 Å². The van der Waals surface area contributed by atoms with Crippen LogP contribution in [0.4, 0.5) is 4.39 Å². The van der Waals surface area contributed by atoms with Gasteiger partial charge in [-0.25, -0.2) is 14.4 Å². The summed E-state index contributed by atoms with van der Waals surface area (Å²) in [5, 5.41) is 8.44. The van der Waals surface area contributed by atoms with Crippen molar-refractivity contribution in [3.63, 3.8) is 0 Å². The van der Waals surface area contributed by atoms with Gasteiger partial charge in [0.15, 0.2) is 5.96 Å². The average molecular weight is 480 g/mol. The van der Waals surface area contributed by atoms with Crippen LogP contribution in [0, 0.1) is 5.82 Å². The monoisotopic (exact) mass is 480 g/mol. The maximum atomic E-state index is 13.6. The van der Waals surface area contributed by atoms with Gasteiger partial charge in [-0.1, -0.05) is 30.0 Å². The van der Waals surface area contributed by atoms with E-state index in [0.29, 0.717) is 12.1 Å². The highest BCUT2D eigenvalue weighted by Gasteiger charge is 2.02. The number of halogens is 2. The molecular formula is C16H22FIN4S2. The highest BCUT2D eigenvalue weighted by atomic mass is 127. The summed E-state index contributed by atoms with van der Waals surface area (Å²) in [6.07, 6.45) is 2.83. The van der Waals surface area contributed by atoms with Crippen LogP contribution < -0.4 is 10.6 Å². The van der Waals surface area contributed by atoms with E-state index >= 15 is 0 Å². The lowest BCUT2D eigenvalue weighted by atomic mass is 10.2. The van der Waals surface area contributed by atoms with Gasteiger partial charge in [0.2, 0.25) is 0 Å². The molecular weight excluding hydrogens is 458 g/mol. The zero-order chi connectivity index (χ0) is 16.3. The summed E-state index contributed by atoms with van der Waals surface area (Å²) in [7, 11) is 0. The molecule has 8 heteroatoms. The molecule has 0 aliphatic heterocycles. The zero-order valence-electron chi connectivity index (χ0n) is 13.5. The van der Waals surface area contributed by atoms with E-state index in [1.165, 1.54) is 6.07 Å². The minimum absolute atomic E-state index is 0. The summed E-state index contributed by atoms with van der Waals surface area (Å²) in [5.74, 6) is 1.51. The molecule has 0 spiro atoms. The molecule has 0 amide bonds. The fourth-order valence-corrected chi connectivity index (χ4v) is 3.50. The van der Waals surface area contributed by atoms with Crippen molar-refractivity contribution >= 4 is 53.0 Å². The van der Waals surface area contributed by atoms with Crippen LogP contribution in [-0.2, 0) is 6.54 Å². The molecule has 132 valence electrons. The molecule has 0 bridgehead atoms. The van der Waals surface area contributed by atoms with E-state index in [4.69, 9.17) is 0 Å². The van der Waals surface area contributed by atoms with E-state index in [9.17, 15) is 4.39 Å². The number of aliphatic imine (C=N–C) groups is 1. The number of hydrogen-bond donors (Lipinski definition) is 2. The van der Waals surface area contributed by atoms with Crippen LogP contribution in [-0.4, -0.2) is 29.8 Å². The predicted octanol–water partition coefficient (Wildman–Crippen LogP) is 4.14. The summed E-state index contributed by atoms with van der Waals surface area (Å²) in [5.41, 5.74) is 0.601. The number of guanidine groups is 1. The van der Waals surface area contributed by atoms with Crippen molar-refractivity contribution in [1.82, 2.24) is 15.6 Å². The molecule has 2 rings (SSSR count). The number of nitrogens with zero attached hydrogens (tertiary/aromatic N) is 2. The largest absolute Gasteiger partial charge is 0.357 e. The van der Waals surface area contributed by atoms with E-state index in [2.05, 4.69) is 20.6 Å². The van der Waals surface area contributed by atoms with Gasteiger partial charge in [0.25, 0.3) is 0 Å². The summed E-state index contributed by atoms with van der Waals surface area (Å²) < 4.78 is 14.7. The normalized spacial score (nSPS) is 11.0. The molecule has 0 unspecified atom stereocenters. The topological polar surface area (TPSA) is 49.3 Å². The van der Waals surface area contributed by atoms with E-state index in [1.807, 2.05) is 24.6 Å². The Kier molecular flexibility index (Phi) is 11.0. The van der Waals surface area contributed by atoms with Crippen LogP contribution in [0.5, 0.6) is 0 Å². The van der Waals surface area contributed by atoms with Gasteiger partial charge in [0, 0.05) is 36.0 Å². The number of aromatic nitrogens is 1. The lowest BCUT2D eigenvalue weighted by Gasteiger charge is -2.11. The molecule has 2 aromatic rings. The second kappa shape index (κ2) is 12.5. The first-order valence-electron chi connectivity index (χ1n) is 7.57. The van der Waals surface area contributed by atoms with Crippen molar-refractivity contribution in [3.05, 3.63) is 47.2 Å². The smallest absolute Gasteiger partial charge is 0.191 e. The van der Waals surface area contributed by atoms with Gasteiger partial charge in [0.05, 0.1) is 6.54 Å². The van der Waals surface area contributed by atoms with E-state index in [0.717, 1.165) is 35.6 Å². The van der Waals surface area contributed by atoms with E-state index in [-0.39, 0.29) is 29.8 Å². The molecule has 1 heterocycles. The standard InChI is InChI=1S/C16H21FN4S2.HI/c1-2-18-15(21-12-13-6-3-4-7-14(13)17)19-8-5-10-22-16-20-9-11-23-16;/h3-4,6-7,9,11H,2,5,8,10,12H2,1H3,(H2,18,19,21);1H. The van der Waals surface area contributed by atoms with Crippen LogP contribution >= 0.6 is 47.1 Å². The maximum absolute atomic E-state index is 13.6. The molecule has 1 aromatic carbocycles. The summed E-state index contributed by atoms with van der Waals surface area (Å²) >= 11 is 3.42. The first-order chi connectivity index (χ1) is 11.3. The van der Waals surface area contributed by atoms with Crippen LogP contribution in [0.2, 0.25) is 0 Å². The van der Waals surface area contributed by atoms with Crippen molar-refractivity contribution in [2.24, 2.45) is 4.99 Å². The van der Waals surface area contributed by atoms with Crippen molar-refractivity contribution in [2.75, 3.05) is 18.8 Å². The summed E-state index contributed by atoms with van der Waals surface area (Å²) in [4.78, 5) is 8.67. The number of benzene rings is 1. The molecule has 0 saturated carbocycles. The maximum Gasteiger partial charge on any atom is 0.191 e. The lowest BCUT2D eigenvalue weighted by molar-refractivity contribution is 0.610. The van der Waals surface area contributed by atoms with Crippen LogP contribution in [0.25, 0.3) is 0 Å². The van der Waals surface area contributed by atoms with Gasteiger partial charge >= 0.3 is 0 Å². The first kappa shape index (κ1) is 21.2. The van der Waals surface area contributed by atoms with Crippen molar-refractivity contribution in [3.8, 4) is 0 Å². The molecule has 4 nitrogen and oxygen atoms in total. The van der Waals surface area contributed by atoms with E-state index < -0.39 is 0 Å². The predicted molar refractivity (Wildman–Crippen MR) is 112 cm³/mol. The Morgan fingerprint density at radius 3 is 2.88 bits per heavy atom. The third-order valence-electron chi connectivity index (χ3n) is 2.96. The molecule has 0 aliphatic rings. The third-order valence-corrected chi connectivity index (χ3v) is 5.01. The van der Waals surface area contributed by atoms with Crippen LogP contribution in [0.3, 0.4) is 0 Å². The summed E-state index contributed by atoms with van der Waals surface area (Å²) in [6, 6.07) is 6.73. The highest BCUT2D eigenvalue weighted by molar-refractivity contribution is 14.0.